The van der Waals surface area contributed by atoms with Crippen molar-refractivity contribution in [1.82, 2.24) is 0 Å². The molecule has 3 heteroatoms. The summed E-state index contributed by atoms with van der Waals surface area (Å²) in [6, 6.07) is 0. The van der Waals surface area contributed by atoms with Crippen LogP contribution in [0.4, 0.5) is 0 Å². The molecule has 0 aromatic carbocycles. The maximum absolute atomic E-state index is 6.18. The van der Waals surface area contributed by atoms with Crippen LogP contribution in [0.3, 0.4) is 0 Å². The monoisotopic (exact) mass is 216 g/mol. The lowest BCUT2D eigenvalue weighted by Crippen LogP contribution is -2.39. The van der Waals surface area contributed by atoms with Crippen molar-refractivity contribution in [1.29, 1.82) is 0 Å². The third-order valence-corrected chi connectivity index (χ3v) is 3.59. The van der Waals surface area contributed by atoms with Gasteiger partial charge in [0.05, 0.1) is 12.7 Å². The molecule has 1 aliphatic heterocycles. The van der Waals surface area contributed by atoms with Crippen molar-refractivity contribution in [2.24, 2.45) is 0 Å². The summed E-state index contributed by atoms with van der Waals surface area (Å²) in [6.07, 6.45) is 3.96. The molecule has 2 unspecified atom stereocenters. The molecule has 2 nitrogen and oxygen atoms in total. The maximum Gasteiger partial charge on any atom is 0.184 e. The molecular formula is C11H24O2Si. The molecule has 84 valence electrons. The number of unbranched alkanes of at least 4 members (excludes halogenated alkanes) is 1. The van der Waals surface area contributed by atoms with Gasteiger partial charge in [-0.15, -0.1) is 0 Å². The third-order valence-electron chi connectivity index (χ3n) is 2.60. The summed E-state index contributed by atoms with van der Waals surface area (Å²) >= 11 is 0. The van der Waals surface area contributed by atoms with E-state index in [0.29, 0.717) is 6.10 Å². The van der Waals surface area contributed by atoms with Crippen molar-refractivity contribution in [2.75, 3.05) is 6.61 Å². The van der Waals surface area contributed by atoms with Gasteiger partial charge < -0.3 is 9.16 Å². The standard InChI is InChI=1S/C11H24O2Si/c1-6-7-8-10(11(2)9-12-11)13-14(3,4)5/h10H,6-9H2,1-5H3. The van der Waals surface area contributed by atoms with E-state index in [0.717, 1.165) is 13.0 Å². The van der Waals surface area contributed by atoms with Crippen molar-refractivity contribution < 1.29 is 9.16 Å². The number of epoxide rings is 1. The van der Waals surface area contributed by atoms with Crippen LogP contribution in [0, 0.1) is 0 Å². The smallest absolute Gasteiger partial charge is 0.184 e. The van der Waals surface area contributed by atoms with Crippen LogP contribution in [0.1, 0.15) is 33.1 Å². The van der Waals surface area contributed by atoms with Gasteiger partial charge in [0.2, 0.25) is 0 Å². The first-order valence-electron chi connectivity index (χ1n) is 5.69. The van der Waals surface area contributed by atoms with Crippen LogP contribution < -0.4 is 0 Å². The lowest BCUT2D eigenvalue weighted by molar-refractivity contribution is 0.0909. The molecule has 0 amide bonds. The predicted octanol–water partition coefficient (Wildman–Crippen LogP) is 3.19. The van der Waals surface area contributed by atoms with Gasteiger partial charge in [-0.1, -0.05) is 19.8 Å². The first-order chi connectivity index (χ1) is 6.37. The molecule has 0 radical (unpaired) electrons. The maximum atomic E-state index is 6.18. The average molecular weight is 216 g/mol. The van der Waals surface area contributed by atoms with E-state index in [9.17, 15) is 0 Å². The Morgan fingerprint density at radius 3 is 2.36 bits per heavy atom. The molecule has 1 saturated heterocycles. The van der Waals surface area contributed by atoms with Crippen molar-refractivity contribution in [3.05, 3.63) is 0 Å². The molecule has 0 spiro atoms. The molecule has 0 saturated carbocycles. The van der Waals surface area contributed by atoms with Gasteiger partial charge in [0.15, 0.2) is 8.32 Å². The van der Waals surface area contributed by atoms with Crippen LogP contribution >= 0.6 is 0 Å². The van der Waals surface area contributed by atoms with E-state index in [-0.39, 0.29) is 5.60 Å². The molecule has 0 aromatic rings. The second-order valence-corrected chi connectivity index (χ2v) is 9.92. The Morgan fingerprint density at radius 2 is 2.00 bits per heavy atom. The number of rotatable bonds is 6. The Balaban J connectivity index is 2.45. The summed E-state index contributed by atoms with van der Waals surface area (Å²) in [6.45, 7) is 12.0. The second kappa shape index (κ2) is 4.33. The molecule has 1 heterocycles. The molecular weight excluding hydrogens is 192 g/mol. The molecule has 0 N–H and O–H groups in total. The highest BCUT2D eigenvalue weighted by Gasteiger charge is 2.48. The minimum atomic E-state index is -1.42. The minimum Gasteiger partial charge on any atom is -0.412 e. The van der Waals surface area contributed by atoms with E-state index >= 15 is 0 Å². The van der Waals surface area contributed by atoms with Crippen molar-refractivity contribution in [2.45, 2.75) is 64.5 Å². The zero-order valence-corrected chi connectivity index (χ0v) is 11.2. The van der Waals surface area contributed by atoms with Crippen molar-refractivity contribution >= 4 is 8.32 Å². The fraction of sp³-hybridized carbons (Fsp3) is 1.00. The molecule has 14 heavy (non-hydrogen) atoms. The second-order valence-electron chi connectivity index (χ2n) is 5.46. The van der Waals surface area contributed by atoms with Gasteiger partial charge in [-0.3, -0.25) is 0 Å². The minimum absolute atomic E-state index is 0.0372. The predicted molar refractivity (Wildman–Crippen MR) is 62.1 cm³/mol. The zero-order chi connectivity index (χ0) is 10.8. The van der Waals surface area contributed by atoms with Crippen LogP contribution in [-0.2, 0) is 9.16 Å². The van der Waals surface area contributed by atoms with Crippen molar-refractivity contribution in [3.8, 4) is 0 Å². The Kier molecular flexibility index (Phi) is 3.78. The summed E-state index contributed by atoms with van der Waals surface area (Å²) < 4.78 is 11.7. The number of hydrogen-bond donors (Lipinski definition) is 0. The van der Waals surface area contributed by atoms with Gasteiger partial charge in [-0.2, -0.15) is 0 Å². The third kappa shape index (κ3) is 3.71. The SMILES string of the molecule is CCCCC(O[Si](C)(C)C)C1(C)CO1. The van der Waals surface area contributed by atoms with Gasteiger partial charge in [0.1, 0.15) is 5.60 Å². The van der Waals surface area contributed by atoms with E-state index in [1.54, 1.807) is 0 Å². The molecule has 2 atom stereocenters. The lowest BCUT2D eigenvalue weighted by atomic mass is 10.0. The molecule has 0 aliphatic carbocycles. The van der Waals surface area contributed by atoms with Gasteiger partial charge in [-0.05, 0) is 33.0 Å². The Bertz CT molecular complexity index is 182. The summed E-state index contributed by atoms with van der Waals surface area (Å²) in [4.78, 5) is 0. The highest BCUT2D eigenvalue weighted by atomic mass is 28.4. The van der Waals surface area contributed by atoms with Crippen LogP contribution in [-0.4, -0.2) is 26.6 Å². The Labute approximate surface area is 89.1 Å². The van der Waals surface area contributed by atoms with Gasteiger partial charge in [0.25, 0.3) is 0 Å². The quantitative estimate of drug-likeness (QED) is 0.502. The molecule has 0 aromatic heterocycles. The molecule has 0 bridgehead atoms. The zero-order valence-electron chi connectivity index (χ0n) is 10.2. The largest absolute Gasteiger partial charge is 0.412 e. The van der Waals surface area contributed by atoms with Gasteiger partial charge >= 0.3 is 0 Å². The Morgan fingerprint density at radius 1 is 1.43 bits per heavy atom. The van der Waals surface area contributed by atoms with Gasteiger partial charge in [-0.25, -0.2) is 0 Å². The van der Waals surface area contributed by atoms with E-state index in [1.165, 1.54) is 12.8 Å². The molecule has 1 rings (SSSR count). The van der Waals surface area contributed by atoms with Crippen LogP contribution in [0.25, 0.3) is 0 Å². The summed E-state index contributed by atoms with van der Waals surface area (Å²) in [5, 5.41) is 0. The summed E-state index contributed by atoms with van der Waals surface area (Å²) in [7, 11) is -1.42. The average Bonchev–Trinajstić information content (AvgIpc) is 2.76. The van der Waals surface area contributed by atoms with Crippen LogP contribution in [0.5, 0.6) is 0 Å². The lowest BCUT2D eigenvalue weighted by Gasteiger charge is -2.29. The Hall–Kier alpha value is 0.137. The molecule has 1 fully saturated rings. The fourth-order valence-corrected chi connectivity index (χ4v) is 2.83. The topological polar surface area (TPSA) is 21.8 Å². The number of ether oxygens (including phenoxy) is 1. The van der Waals surface area contributed by atoms with Crippen LogP contribution in [0.15, 0.2) is 0 Å². The number of hydrogen-bond acceptors (Lipinski definition) is 2. The van der Waals surface area contributed by atoms with E-state index in [4.69, 9.17) is 9.16 Å². The van der Waals surface area contributed by atoms with Gasteiger partial charge in [0, 0.05) is 0 Å². The fourth-order valence-electron chi connectivity index (χ4n) is 1.60. The van der Waals surface area contributed by atoms with Crippen LogP contribution in [0.2, 0.25) is 19.6 Å². The summed E-state index contributed by atoms with van der Waals surface area (Å²) in [5.41, 5.74) is 0.0372. The highest BCUT2D eigenvalue weighted by molar-refractivity contribution is 6.69. The summed E-state index contributed by atoms with van der Waals surface area (Å²) in [5.74, 6) is 0. The first kappa shape index (κ1) is 12.2. The first-order valence-corrected chi connectivity index (χ1v) is 9.10. The van der Waals surface area contributed by atoms with E-state index in [1.807, 2.05) is 0 Å². The van der Waals surface area contributed by atoms with Crippen molar-refractivity contribution in [3.63, 3.8) is 0 Å². The van der Waals surface area contributed by atoms with E-state index < -0.39 is 8.32 Å². The highest BCUT2D eigenvalue weighted by Crippen LogP contribution is 2.36. The molecule has 1 aliphatic rings. The van der Waals surface area contributed by atoms with E-state index in [2.05, 4.69) is 33.5 Å². The normalized spacial score (nSPS) is 28.9.